The van der Waals surface area contributed by atoms with Crippen molar-refractivity contribution in [3.63, 3.8) is 0 Å². The molecule has 1 heterocycles. The van der Waals surface area contributed by atoms with Gasteiger partial charge in [-0.3, -0.25) is 0 Å². The Hall–Kier alpha value is -0.930. The van der Waals surface area contributed by atoms with E-state index >= 15 is 0 Å². The van der Waals surface area contributed by atoms with Crippen molar-refractivity contribution in [1.82, 2.24) is 4.90 Å². The average molecular weight is 279 g/mol. The SMILES string of the molecule is CC(CN1CCCCCC1C)C(O)c1ccccc1F. The minimum atomic E-state index is -0.730. The molecule has 3 atom stereocenters. The van der Waals surface area contributed by atoms with Gasteiger partial charge in [0, 0.05) is 18.2 Å². The van der Waals surface area contributed by atoms with E-state index in [2.05, 4.69) is 11.8 Å². The Morgan fingerprint density at radius 2 is 2.05 bits per heavy atom. The Morgan fingerprint density at radius 3 is 2.80 bits per heavy atom. The molecule has 0 saturated carbocycles. The third-order valence-corrected chi connectivity index (χ3v) is 4.48. The molecule has 1 aromatic rings. The molecule has 0 bridgehead atoms. The zero-order valence-electron chi connectivity index (χ0n) is 12.6. The summed E-state index contributed by atoms with van der Waals surface area (Å²) in [6.45, 7) is 6.19. The molecule has 3 heteroatoms. The number of hydrogen-bond donors (Lipinski definition) is 1. The van der Waals surface area contributed by atoms with Crippen molar-refractivity contribution in [2.45, 2.75) is 51.7 Å². The van der Waals surface area contributed by atoms with Crippen LogP contribution in [0.1, 0.15) is 51.2 Å². The summed E-state index contributed by atoms with van der Waals surface area (Å²) < 4.78 is 13.7. The first-order valence-electron chi connectivity index (χ1n) is 7.76. The zero-order chi connectivity index (χ0) is 14.5. The Kier molecular flexibility index (Phi) is 5.55. The normalized spacial score (nSPS) is 24.1. The van der Waals surface area contributed by atoms with Crippen LogP contribution < -0.4 is 0 Å². The summed E-state index contributed by atoms with van der Waals surface area (Å²) in [5.74, 6) is -0.275. The minimum Gasteiger partial charge on any atom is -0.388 e. The van der Waals surface area contributed by atoms with E-state index in [1.54, 1.807) is 18.2 Å². The molecule has 3 unspecified atom stereocenters. The summed E-state index contributed by atoms with van der Waals surface area (Å²) >= 11 is 0. The number of aliphatic hydroxyl groups excluding tert-OH is 1. The monoisotopic (exact) mass is 279 g/mol. The fraction of sp³-hybridized carbons (Fsp3) is 0.647. The van der Waals surface area contributed by atoms with Crippen LogP contribution in [-0.4, -0.2) is 29.1 Å². The van der Waals surface area contributed by atoms with E-state index in [0.29, 0.717) is 11.6 Å². The molecule has 0 aromatic heterocycles. The first-order valence-corrected chi connectivity index (χ1v) is 7.76. The van der Waals surface area contributed by atoms with E-state index in [0.717, 1.165) is 13.1 Å². The fourth-order valence-electron chi connectivity index (χ4n) is 3.10. The number of nitrogens with zero attached hydrogens (tertiary/aromatic N) is 1. The fourth-order valence-corrected chi connectivity index (χ4v) is 3.10. The first kappa shape index (κ1) is 15.5. The molecular formula is C17H26FNO. The maximum atomic E-state index is 13.7. The second-order valence-corrected chi connectivity index (χ2v) is 6.14. The van der Waals surface area contributed by atoms with Crippen molar-refractivity contribution in [2.24, 2.45) is 5.92 Å². The molecule has 0 spiro atoms. The van der Waals surface area contributed by atoms with Gasteiger partial charge in [0.1, 0.15) is 5.82 Å². The van der Waals surface area contributed by atoms with Crippen LogP contribution in [0.2, 0.25) is 0 Å². The van der Waals surface area contributed by atoms with E-state index in [1.165, 1.54) is 31.7 Å². The van der Waals surface area contributed by atoms with Gasteiger partial charge in [0.15, 0.2) is 0 Å². The molecule has 1 fully saturated rings. The Morgan fingerprint density at radius 1 is 1.30 bits per heavy atom. The predicted octanol–water partition coefficient (Wildman–Crippen LogP) is 3.76. The second kappa shape index (κ2) is 7.19. The standard InChI is InChI=1S/C17H26FNO/c1-13(12-19-11-7-3-4-8-14(19)2)17(20)15-9-5-6-10-16(15)18/h5-6,9-10,13-14,17,20H,3-4,7-8,11-12H2,1-2H3. The van der Waals surface area contributed by atoms with Gasteiger partial charge in [-0.05, 0) is 38.3 Å². The quantitative estimate of drug-likeness (QED) is 0.907. The lowest BCUT2D eigenvalue weighted by Crippen LogP contribution is -2.37. The first-order chi connectivity index (χ1) is 9.59. The molecule has 2 nitrogen and oxygen atoms in total. The van der Waals surface area contributed by atoms with Gasteiger partial charge in [0.05, 0.1) is 6.10 Å². The van der Waals surface area contributed by atoms with Crippen molar-refractivity contribution in [2.75, 3.05) is 13.1 Å². The molecule has 0 radical (unpaired) electrons. The summed E-state index contributed by atoms with van der Waals surface area (Å²) in [6, 6.07) is 7.10. The molecule has 1 aliphatic heterocycles. The van der Waals surface area contributed by atoms with Gasteiger partial charge >= 0.3 is 0 Å². The van der Waals surface area contributed by atoms with E-state index in [1.807, 2.05) is 6.92 Å². The molecular weight excluding hydrogens is 253 g/mol. The van der Waals surface area contributed by atoms with E-state index in [9.17, 15) is 9.50 Å². The lowest BCUT2D eigenvalue weighted by molar-refractivity contribution is 0.0743. The van der Waals surface area contributed by atoms with Gasteiger partial charge in [-0.25, -0.2) is 4.39 Å². The molecule has 1 saturated heterocycles. The summed E-state index contributed by atoms with van der Waals surface area (Å²) in [6.07, 6.45) is 4.31. The van der Waals surface area contributed by atoms with Gasteiger partial charge in [0.2, 0.25) is 0 Å². The summed E-state index contributed by atoms with van der Waals surface area (Å²) in [7, 11) is 0. The molecule has 0 aliphatic carbocycles. The van der Waals surface area contributed by atoms with Gasteiger partial charge < -0.3 is 10.0 Å². The van der Waals surface area contributed by atoms with Crippen LogP contribution in [0.15, 0.2) is 24.3 Å². The minimum absolute atomic E-state index is 0.0347. The predicted molar refractivity (Wildman–Crippen MR) is 80.0 cm³/mol. The molecule has 1 N–H and O–H groups in total. The zero-order valence-corrected chi connectivity index (χ0v) is 12.6. The Balaban J connectivity index is 2.00. The molecule has 112 valence electrons. The maximum Gasteiger partial charge on any atom is 0.129 e. The third kappa shape index (κ3) is 3.80. The highest BCUT2D eigenvalue weighted by Gasteiger charge is 2.24. The van der Waals surface area contributed by atoms with Crippen molar-refractivity contribution in [1.29, 1.82) is 0 Å². The number of hydrogen-bond acceptors (Lipinski definition) is 2. The second-order valence-electron chi connectivity index (χ2n) is 6.14. The lowest BCUT2D eigenvalue weighted by Gasteiger charge is -2.31. The largest absolute Gasteiger partial charge is 0.388 e. The van der Waals surface area contributed by atoms with Crippen molar-refractivity contribution < 1.29 is 9.50 Å². The highest BCUT2D eigenvalue weighted by Crippen LogP contribution is 2.26. The number of benzene rings is 1. The molecule has 1 aromatic carbocycles. The van der Waals surface area contributed by atoms with Gasteiger partial charge in [-0.15, -0.1) is 0 Å². The molecule has 0 amide bonds. The third-order valence-electron chi connectivity index (χ3n) is 4.48. The number of aliphatic hydroxyl groups is 1. The number of halogens is 1. The van der Waals surface area contributed by atoms with E-state index in [4.69, 9.17) is 0 Å². The van der Waals surface area contributed by atoms with Crippen LogP contribution in [0.4, 0.5) is 4.39 Å². The summed E-state index contributed by atoms with van der Waals surface area (Å²) in [5.41, 5.74) is 0.419. The van der Waals surface area contributed by atoms with Crippen LogP contribution >= 0.6 is 0 Å². The van der Waals surface area contributed by atoms with Crippen LogP contribution in [-0.2, 0) is 0 Å². The van der Waals surface area contributed by atoms with Gasteiger partial charge in [0.25, 0.3) is 0 Å². The molecule has 2 rings (SSSR count). The number of likely N-dealkylation sites (tertiary alicyclic amines) is 1. The summed E-state index contributed by atoms with van der Waals surface area (Å²) in [4.78, 5) is 2.45. The van der Waals surface area contributed by atoms with Crippen molar-refractivity contribution in [3.8, 4) is 0 Å². The van der Waals surface area contributed by atoms with Crippen molar-refractivity contribution in [3.05, 3.63) is 35.6 Å². The Bertz CT molecular complexity index is 423. The number of rotatable bonds is 4. The van der Waals surface area contributed by atoms with Crippen LogP contribution in [0.3, 0.4) is 0 Å². The molecule has 20 heavy (non-hydrogen) atoms. The maximum absolute atomic E-state index is 13.7. The van der Waals surface area contributed by atoms with Crippen molar-refractivity contribution >= 4 is 0 Å². The van der Waals surface area contributed by atoms with Gasteiger partial charge in [-0.1, -0.05) is 38.0 Å². The molecule has 1 aliphatic rings. The lowest BCUT2D eigenvalue weighted by atomic mass is 9.96. The smallest absolute Gasteiger partial charge is 0.129 e. The van der Waals surface area contributed by atoms with E-state index < -0.39 is 6.10 Å². The highest BCUT2D eigenvalue weighted by molar-refractivity contribution is 5.20. The van der Waals surface area contributed by atoms with Crippen LogP contribution in [0.25, 0.3) is 0 Å². The highest BCUT2D eigenvalue weighted by atomic mass is 19.1. The van der Waals surface area contributed by atoms with E-state index in [-0.39, 0.29) is 11.7 Å². The topological polar surface area (TPSA) is 23.5 Å². The van der Waals surface area contributed by atoms with Gasteiger partial charge in [-0.2, -0.15) is 0 Å². The summed E-state index contributed by atoms with van der Waals surface area (Å²) in [5, 5.41) is 10.4. The Labute approximate surface area is 121 Å². The average Bonchev–Trinajstić information content (AvgIpc) is 2.64. The van der Waals surface area contributed by atoms with Crippen LogP contribution in [0.5, 0.6) is 0 Å². The van der Waals surface area contributed by atoms with Crippen LogP contribution in [0, 0.1) is 11.7 Å².